The molecule has 1 atom stereocenters. The van der Waals surface area contributed by atoms with Crippen LogP contribution in [0.4, 0.5) is 0 Å². The lowest BCUT2D eigenvalue weighted by molar-refractivity contribution is 0.189. The number of aryl methyl sites for hydroxylation is 1. The number of nitrogens with zero attached hydrogens (tertiary/aromatic N) is 3. The maximum atomic E-state index is 9.35. The Balaban J connectivity index is 1.69. The maximum absolute atomic E-state index is 9.35. The molecule has 2 aliphatic rings. The van der Waals surface area contributed by atoms with Gasteiger partial charge in [-0.1, -0.05) is 38.5 Å². The van der Waals surface area contributed by atoms with Crippen LogP contribution in [0.2, 0.25) is 0 Å². The molecule has 1 aromatic rings. The molecular formula is C15H25N3O. The first-order chi connectivity index (χ1) is 9.36. The highest BCUT2D eigenvalue weighted by Crippen LogP contribution is 2.27. The monoisotopic (exact) mass is 263 g/mol. The van der Waals surface area contributed by atoms with Gasteiger partial charge < -0.3 is 9.67 Å². The van der Waals surface area contributed by atoms with Crippen LogP contribution in [0.15, 0.2) is 0 Å². The van der Waals surface area contributed by atoms with Crippen LogP contribution in [0.5, 0.6) is 0 Å². The molecule has 1 fully saturated rings. The third-order valence-electron chi connectivity index (χ3n) is 4.83. The highest BCUT2D eigenvalue weighted by molar-refractivity contribution is 5.01. The van der Waals surface area contributed by atoms with Crippen LogP contribution >= 0.6 is 0 Å². The average Bonchev–Trinajstić information content (AvgIpc) is 2.66. The molecule has 0 radical (unpaired) electrons. The zero-order valence-electron chi connectivity index (χ0n) is 11.7. The van der Waals surface area contributed by atoms with Crippen molar-refractivity contribution in [3.8, 4) is 0 Å². The smallest absolute Gasteiger partial charge is 0.133 e. The summed E-state index contributed by atoms with van der Waals surface area (Å²) in [6.45, 7) is 1.21. The summed E-state index contributed by atoms with van der Waals surface area (Å²) in [4.78, 5) is 0. The van der Waals surface area contributed by atoms with Gasteiger partial charge in [0.25, 0.3) is 0 Å². The van der Waals surface area contributed by atoms with Crippen molar-refractivity contribution in [3.05, 3.63) is 11.6 Å². The van der Waals surface area contributed by atoms with E-state index in [9.17, 15) is 5.11 Å². The lowest BCUT2D eigenvalue weighted by Gasteiger charge is -2.23. The van der Waals surface area contributed by atoms with Crippen molar-refractivity contribution in [2.24, 2.45) is 11.8 Å². The molecule has 1 N–H and O–H groups in total. The minimum Gasteiger partial charge on any atom is -0.396 e. The zero-order chi connectivity index (χ0) is 13.1. The van der Waals surface area contributed by atoms with Gasteiger partial charge in [-0.15, -0.1) is 10.2 Å². The number of aliphatic hydroxyl groups is 1. The normalized spacial score (nSPS) is 25.0. The second-order valence-electron chi connectivity index (χ2n) is 6.29. The Hall–Kier alpha value is -0.900. The lowest BCUT2D eigenvalue weighted by atomic mass is 9.95. The largest absolute Gasteiger partial charge is 0.396 e. The van der Waals surface area contributed by atoms with Crippen LogP contribution in [-0.4, -0.2) is 26.5 Å². The topological polar surface area (TPSA) is 50.9 Å². The van der Waals surface area contributed by atoms with Crippen molar-refractivity contribution >= 4 is 0 Å². The first-order valence-electron chi connectivity index (χ1n) is 7.88. The Morgan fingerprint density at radius 3 is 2.53 bits per heavy atom. The molecule has 1 aliphatic carbocycles. The van der Waals surface area contributed by atoms with E-state index in [1.807, 2.05) is 0 Å². The van der Waals surface area contributed by atoms with E-state index >= 15 is 0 Å². The van der Waals surface area contributed by atoms with Crippen LogP contribution in [0, 0.1) is 11.8 Å². The second-order valence-corrected chi connectivity index (χ2v) is 6.29. The number of hydrogen-bond donors (Lipinski definition) is 1. The van der Waals surface area contributed by atoms with Crippen molar-refractivity contribution in [2.75, 3.05) is 6.61 Å². The third-order valence-corrected chi connectivity index (χ3v) is 4.83. The molecule has 0 bridgehead atoms. The molecule has 0 saturated heterocycles. The van der Waals surface area contributed by atoms with Crippen LogP contribution in [0.1, 0.15) is 56.6 Å². The van der Waals surface area contributed by atoms with Gasteiger partial charge in [0.1, 0.15) is 11.6 Å². The summed E-state index contributed by atoms with van der Waals surface area (Å²) in [5.41, 5.74) is 0. The van der Waals surface area contributed by atoms with Crippen molar-refractivity contribution < 1.29 is 5.11 Å². The summed E-state index contributed by atoms with van der Waals surface area (Å²) in [7, 11) is 0. The van der Waals surface area contributed by atoms with E-state index in [1.54, 1.807) is 0 Å². The van der Waals surface area contributed by atoms with Crippen molar-refractivity contribution in [2.45, 2.75) is 64.3 Å². The van der Waals surface area contributed by atoms with E-state index in [1.165, 1.54) is 44.3 Å². The van der Waals surface area contributed by atoms with Crippen LogP contribution in [0.3, 0.4) is 0 Å². The summed E-state index contributed by atoms with van der Waals surface area (Å²) >= 11 is 0. The highest BCUT2D eigenvalue weighted by Gasteiger charge is 2.24. The first-order valence-corrected chi connectivity index (χ1v) is 7.88. The van der Waals surface area contributed by atoms with Gasteiger partial charge in [-0.3, -0.25) is 0 Å². The van der Waals surface area contributed by atoms with Crippen LogP contribution in [0.25, 0.3) is 0 Å². The molecule has 106 valence electrons. The van der Waals surface area contributed by atoms with E-state index in [0.717, 1.165) is 37.5 Å². The molecule has 4 nitrogen and oxygen atoms in total. The summed E-state index contributed by atoms with van der Waals surface area (Å²) in [5, 5.41) is 18.1. The van der Waals surface area contributed by atoms with Gasteiger partial charge in [-0.05, 0) is 12.3 Å². The summed E-state index contributed by atoms with van der Waals surface area (Å²) in [6.07, 6.45) is 11.4. The van der Waals surface area contributed by atoms with E-state index in [4.69, 9.17) is 0 Å². The average molecular weight is 263 g/mol. The lowest BCUT2D eigenvalue weighted by Crippen LogP contribution is -2.25. The summed E-state index contributed by atoms with van der Waals surface area (Å²) in [5.74, 6) is 3.50. The number of fused-ring (bicyclic) bond motifs is 1. The maximum Gasteiger partial charge on any atom is 0.133 e. The first kappa shape index (κ1) is 13.1. The van der Waals surface area contributed by atoms with Gasteiger partial charge in [-0.2, -0.15) is 0 Å². The van der Waals surface area contributed by atoms with Crippen molar-refractivity contribution in [1.29, 1.82) is 0 Å². The number of rotatable bonds is 3. The molecule has 0 aromatic carbocycles. The van der Waals surface area contributed by atoms with E-state index in [-0.39, 0.29) is 0 Å². The molecular weight excluding hydrogens is 238 g/mol. The fourth-order valence-corrected chi connectivity index (χ4v) is 3.58. The van der Waals surface area contributed by atoms with Crippen molar-refractivity contribution in [3.63, 3.8) is 0 Å². The van der Waals surface area contributed by atoms with Gasteiger partial charge >= 0.3 is 0 Å². The Bertz CT molecular complexity index is 408. The van der Waals surface area contributed by atoms with E-state index in [2.05, 4.69) is 14.8 Å². The Labute approximate surface area is 115 Å². The van der Waals surface area contributed by atoms with Gasteiger partial charge in [0.2, 0.25) is 0 Å². The zero-order valence-corrected chi connectivity index (χ0v) is 11.7. The van der Waals surface area contributed by atoms with Gasteiger partial charge in [0.15, 0.2) is 0 Å². The Kier molecular flexibility index (Phi) is 4.16. The van der Waals surface area contributed by atoms with Gasteiger partial charge in [-0.25, -0.2) is 0 Å². The molecule has 19 heavy (non-hydrogen) atoms. The highest BCUT2D eigenvalue weighted by atomic mass is 16.3. The number of aromatic nitrogens is 3. The Morgan fingerprint density at radius 2 is 1.79 bits per heavy atom. The molecule has 0 spiro atoms. The molecule has 1 saturated carbocycles. The van der Waals surface area contributed by atoms with Crippen molar-refractivity contribution in [1.82, 2.24) is 14.8 Å². The predicted octanol–water partition coefficient (Wildman–Crippen LogP) is 2.35. The fraction of sp³-hybridized carbons (Fsp3) is 0.867. The third kappa shape index (κ3) is 2.99. The summed E-state index contributed by atoms with van der Waals surface area (Å²) < 4.78 is 2.29. The molecule has 1 aromatic heterocycles. The fourth-order valence-electron chi connectivity index (χ4n) is 3.58. The van der Waals surface area contributed by atoms with Gasteiger partial charge in [0.05, 0.1) is 0 Å². The molecule has 2 heterocycles. The Morgan fingerprint density at radius 1 is 1.00 bits per heavy atom. The second kappa shape index (κ2) is 6.04. The van der Waals surface area contributed by atoms with Crippen LogP contribution in [-0.2, 0) is 19.4 Å². The van der Waals surface area contributed by atoms with Crippen LogP contribution < -0.4 is 0 Å². The molecule has 1 unspecified atom stereocenters. The molecule has 0 amide bonds. The van der Waals surface area contributed by atoms with E-state index in [0.29, 0.717) is 12.5 Å². The SMILES string of the molecule is OCC1CCc2nnc(CC3CCCCCC3)n2C1. The molecule has 1 aliphatic heterocycles. The summed E-state index contributed by atoms with van der Waals surface area (Å²) in [6, 6.07) is 0. The molecule has 4 heteroatoms. The number of hydrogen-bond acceptors (Lipinski definition) is 3. The quantitative estimate of drug-likeness (QED) is 0.852. The minimum atomic E-state index is 0.292. The van der Waals surface area contributed by atoms with Gasteiger partial charge in [0, 0.05) is 31.9 Å². The standard InChI is InChI=1S/C15H25N3O/c19-11-13-7-8-14-16-17-15(18(14)10-13)9-12-5-3-1-2-4-6-12/h12-13,19H,1-11H2. The number of aliphatic hydroxyl groups excluding tert-OH is 1. The van der Waals surface area contributed by atoms with E-state index < -0.39 is 0 Å². The predicted molar refractivity (Wildman–Crippen MR) is 73.8 cm³/mol. The molecule has 3 rings (SSSR count). The minimum absolute atomic E-state index is 0.292.